The predicted octanol–water partition coefficient (Wildman–Crippen LogP) is 1.27. The minimum Gasteiger partial charge on any atom is -0.329 e. The van der Waals surface area contributed by atoms with Crippen molar-refractivity contribution < 1.29 is 8.42 Å². The number of benzene rings is 1. The molecule has 0 heterocycles. The molecule has 0 radical (unpaired) electrons. The number of likely N-dealkylation sites (N-methyl/N-ethyl adjacent to an activating group) is 1. The Labute approximate surface area is 103 Å². The SMILES string of the molecule is Cc1ccc(S(=O)(=O)N(C)C(C)CN)cc1C. The zero-order valence-electron chi connectivity index (χ0n) is 10.8. The fourth-order valence-electron chi connectivity index (χ4n) is 1.43. The molecule has 1 unspecified atom stereocenters. The van der Waals surface area contributed by atoms with Crippen LogP contribution in [0.1, 0.15) is 18.1 Å². The van der Waals surface area contributed by atoms with Crippen molar-refractivity contribution in [2.45, 2.75) is 31.7 Å². The molecule has 0 aromatic heterocycles. The fourth-order valence-corrected chi connectivity index (χ4v) is 2.88. The second-order valence-corrected chi connectivity index (χ2v) is 6.35. The number of nitrogens with two attached hydrogens (primary N) is 1. The highest BCUT2D eigenvalue weighted by molar-refractivity contribution is 7.89. The smallest absolute Gasteiger partial charge is 0.243 e. The van der Waals surface area contributed by atoms with E-state index in [0.29, 0.717) is 11.4 Å². The summed E-state index contributed by atoms with van der Waals surface area (Å²) in [7, 11) is -1.88. The minimum absolute atomic E-state index is 0.207. The summed E-state index contributed by atoms with van der Waals surface area (Å²) in [6.45, 7) is 5.96. The molecule has 0 spiro atoms. The molecule has 0 aliphatic rings. The molecule has 0 saturated heterocycles. The van der Waals surface area contributed by atoms with Crippen LogP contribution < -0.4 is 5.73 Å². The predicted molar refractivity (Wildman–Crippen MR) is 69.4 cm³/mol. The van der Waals surface area contributed by atoms with Crippen LogP contribution in [0.3, 0.4) is 0 Å². The maximum absolute atomic E-state index is 12.3. The summed E-state index contributed by atoms with van der Waals surface area (Å²) in [5.41, 5.74) is 7.55. The van der Waals surface area contributed by atoms with Crippen molar-refractivity contribution >= 4 is 10.0 Å². The van der Waals surface area contributed by atoms with E-state index in [9.17, 15) is 8.42 Å². The van der Waals surface area contributed by atoms with Gasteiger partial charge in [0.15, 0.2) is 0 Å². The number of nitrogens with zero attached hydrogens (tertiary/aromatic N) is 1. The van der Waals surface area contributed by atoms with Crippen LogP contribution in [0.4, 0.5) is 0 Å². The molecule has 17 heavy (non-hydrogen) atoms. The van der Waals surface area contributed by atoms with Gasteiger partial charge in [-0.3, -0.25) is 0 Å². The highest BCUT2D eigenvalue weighted by Crippen LogP contribution is 2.19. The monoisotopic (exact) mass is 256 g/mol. The summed E-state index contributed by atoms with van der Waals surface area (Å²) in [6.07, 6.45) is 0. The third-order valence-corrected chi connectivity index (χ3v) is 5.08. The normalized spacial score (nSPS) is 14.0. The number of aryl methyl sites for hydroxylation is 2. The molecule has 4 nitrogen and oxygen atoms in total. The van der Waals surface area contributed by atoms with Crippen molar-refractivity contribution in [2.75, 3.05) is 13.6 Å². The van der Waals surface area contributed by atoms with Crippen LogP contribution in [0.5, 0.6) is 0 Å². The van der Waals surface area contributed by atoms with Crippen LogP contribution >= 0.6 is 0 Å². The largest absolute Gasteiger partial charge is 0.329 e. The van der Waals surface area contributed by atoms with Gasteiger partial charge in [0.25, 0.3) is 0 Å². The van der Waals surface area contributed by atoms with E-state index in [0.717, 1.165) is 11.1 Å². The topological polar surface area (TPSA) is 63.4 Å². The molecule has 0 aliphatic heterocycles. The molecule has 96 valence electrons. The second kappa shape index (κ2) is 5.16. The van der Waals surface area contributed by atoms with Crippen LogP contribution in [0.15, 0.2) is 23.1 Å². The van der Waals surface area contributed by atoms with Crippen LogP contribution in [0.25, 0.3) is 0 Å². The van der Waals surface area contributed by atoms with Gasteiger partial charge in [-0.1, -0.05) is 6.07 Å². The standard InChI is InChI=1S/C12H20N2O2S/c1-9-5-6-12(7-10(9)2)17(15,16)14(4)11(3)8-13/h5-7,11H,8,13H2,1-4H3. The van der Waals surface area contributed by atoms with E-state index in [1.807, 2.05) is 19.9 Å². The van der Waals surface area contributed by atoms with E-state index in [4.69, 9.17) is 5.73 Å². The van der Waals surface area contributed by atoms with E-state index in [1.165, 1.54) is 4.31 Å². The zero-order valence-corrected chi connectivity index (χ0v) is 11.6. The van der Waals surface area contributed by atoms with Crippen molar-refractivity contribution in [3.8, 4) is 0 Å². The molecule has 0 aliphatic carbocycles. The van der Waals surface area contributed by atoms with Crippen LogP contribution in [0.2, 0.25) is 0 Å². The summed E-state index contributed by atoms with van der Waals surface area (Å²) in [5, 5.41) is 0. The highest BCUT2D eigenvalue weighted by atomic mass is 32.2. The average molecular weight is 256 g/mol. The van der Waals surface area contributed by atoms with E-state index >= 15 is 0 Å². The van der Waals surface area contributed by atoms with E-state index in [1.54, 1.807) is 26.1 Å². The average Bonchev–Trinajstić information content (AvgIpc) is 2.30. The van der Waals surface area contributed by atoms with Crippen LogP contribution in [0, 0.1) is 13.8 Å². The van der Waals surface area contributed by atoms with Gasteiger partial charge in [0.2, 0.25) is 10.0 Å². The number of rotatable bonds is 4. The lowest BCUT2D eigenvalue weighted by Crippen LogP contribution is -2.39. The Hall–Kier alpha value is -0.910. The van der Waals surface area contributed by atoms with Crippen LogP contribution in [-0.4, -0.2) is 32.4 Å². The van der Waals surface area contributed by atoms with Gasteiger partial charge in [-0.25, -0.2) is 8.42 Å². The number of sulfonamides is 1. The van der Waals surface area contributed by atoms with Gasteiger partial charge < -0.3 is 5.73 Å². The maximum Gasteiger partial charge on any atom is 0.243 e. The van der Waals surface area contributed by atoms with Gasteiger partial charge in [0, 0.05) is 19.6 Å². The third kappa shape index (κ3) is 2.86. The molecule has 2 N–H and O–H groups in total. The first kappa shape index (κ1) is 14.2. The van der Waals surface area contributed by atoms with Gasteiger partial charge in [0.1, 0.15) is 0 Å². The summed E-state index contributed by atoms with van der Waals surface area (Å²) in [6, 6.07) is 4.95. The Bertz CT molecular complexity index is 497. The molecule has 1 aromatic carbocycles. The Kier molecular flexibility index (Phi) is 4.30. The third-order valence-electron chi connectivity index (χ3n) is 3.12. The van der Waals surface area contributed by atoms with Gasteiger partial charge >= 0.3 is 0 Å². The van der Waals surface area contributed by atoms with Crippen molar-refractivity contribution in [2.24, 2.45) is 5.73 Å². The van der Waals surface area contributed by atoms with Gasteiger partial charge in [-0.05, 0) is 44.0 Å². The van der Waals surface area contributed by atoms with Crippen molar-refractivity contribution in [1.29, 1.82) is 0 Å². The van der Waals surface area contributed by atoms with Gasteiger partial charge in [0.05, 0.1) is 4.90 Å². The van der Waals surface area contributed by atoms with Gasteiger partial charge in [-0.2, -0.15) is 4.31 Å². The van der Waals surface area contributed by atoms with Crippen molar-refractivity contribution in [3.05, 3.63) is 29.3 Å². The lowest BCUT2D eigenvalue weighted by molar-refractivity contribution is 0.394. The minimum atomic E-state index is -3.44. The van der Waals surface area contributed by atoms with Crippen molar-refractivity contribution in [3.63, 3.8) is 0 Å². The lowest BCUT2D eigenvalue weighted by atomic mass is 10.1. The number of hydrogen-bond donors (Lipinski definition) is 1. The second-order valence-electron chi connectivity index (χ2n) is 4.35. The molecule has 5 heteroatoms. The van der Waals surface area contributed by atoms with E-state index < -0.39 is 10.0 Å². The molecule has 0 fully saturated rings. The first-order valence-corrected chi connectivity index (χ1v) is 7.00. The molecular formula is C12H20N2O2S. The Morgan fingerprint density at radius 1 is 1.29 bits per heavy atom. The maximum atomic E-state index is 12.3. The van der Waals surface area contributed by atoms with Crippen LogP contribution in [-0.2, 0) is 10.0 Å². The van der Waals surface area contributed by atoms with Gasteiger partial charge in [-0.15, -0.1) is 0 Å². The molecule has 1 rings (SSSR count). The first-order valence-electron chi connectivity index (χ1n) is 5.56. The summed E-state index contributed by atoms with van der Waals surface area (Å²) >= 11 is 0. The molecule has 1 aromatic rings. The quantitative estimate of drug-likeness (QED) is 0.882. The highest BCUT2D eigenvalue weighted by Gasteiger charge is 2.24. The Morgan fingerprint density at radius 2 is 1.88 bits per heavy atom. The lowest BCUT2D eigenvalue weighted by Gasteiger charge is -2.23. The first-order chi connectivity index (χ1) is 7.80. The Balaban J connectivity index is 3.17. The molecule has 1 atom stereocenters. The fraction of sp³-hybridized carbons (Fsp3) is 0.500. The molecular weight excluding hydrogens is 236 g/mol. The molecule has 0 saturated carbocycles. The van der Waals surface area contributed by atoms with E-state index in [2.05, 4.69) is 0 Å². The summed E-state index contributed by atoms with van der Waals surface area (Å²) in [4.78, 5) is 0.323. The summed E-state index contributed by atoms with van der Waals surface area (Å²) in [5.74, 6) is 0. The zero-order chi connectivity index (χ0) is 13.2. The Morgan fingerprint density at radius 3 is 2.35 bits per heavy atom. The van der Waals surface area contributed by atoms with Crippen molar-refractivity contribution in [1.82, 2.24) is 4.31 Å². The molecule has 0 bridgehead atoms. The summed E-state index contributed by atoms with van der Waals surface area (Å²) < 4.78 is 25.8. The van der Waals surface area contributed by atoms with E-state index in [-0.39, 0.29) is 6.04 Å². The molecule has 0 amide bonds. The number of hydrogen-bond acceptors (Lipinski definition) is 3.